The molecule has 27 heavy (non-hydrogen) atoms. The van der Waals surface area contributed by atoms with Gasteiger partial charge in [-0.05, 0) is 12.8 Å². The monoisotopic (exact) mass is 361 g/mol. The third-order valence-electron chi connectivity index (χ3n) is 5.21. The van der Waals surface area contributed by atoms with Crippen LogP contribution in [0.3, 0.4) is 0 Å². The van der Waals surface area contributed by atoms with E-state index in [0.717, 1.165) is 36.8 Å². The number of aromatic nitrogens is 7. The minimum atomic E-state index is -0.0942. The van der Waals surface area contributed by atoms with Crippen LogP contribution >= 0.6 is 0 Å². The molecule has 1 fully saturated rings. The van der Waals surface area contributed by atoms with Gasteiger partial charge in [-0.15, -0.1) is 0 Å². The molecule has 2 N–H and O–H groups in total. The van der Waals surface area contributed by atoms with Crippen molar-refractivity contribution in [3.05, 3.63) is 47.3 Å². The van der Waals surface area contributed by atoms with Crippen LogP contribution in [0.1, 0.15) is 38.1 Å². The van der Waals surface area contributed by atoms with E-state index in [1.807, 2.05) is 28.8 Å². The summed E-state index contributed by atoms with van der Waals surface area (Å²) < 4.78 is 1.82. The van der Waals surface area contributed by atoms with Crippen molar-refractivity contribution in [3.8, 4) is 22.8 Å². The first kappa shape index (κ1) is 15.9. The van der Waals surface area contributed by atoms with E-state index in [4.69, 9.17) is 4.98 Å². The van der Waals surface area contributed by atoms with Gasteiger partial charge in [0, 0.05) is 17.2 Å². The third-order valence-corrected chi connectivity index (χ3v) is 5.21. The predicted molar refractivity (Wildman–Crippen MR) is 101 cm³/mol. The molecule has 1 aliphatic rings. The number of benzene rings is 1. The summed E-state index contributed by atoms with van der Waals surface area (Å²) >= 11 is 0. The summed E-state index contributed by atoms with van der Waals surface area (Å²) in [5.41, 5.74) is 3.09. The number of imidazole rings is 1. The molecule has 0 aliphatic heterocycles. The fourth-order valence-electron chi connectivity index (χ4n) is 3.85. The smallest absolute Gasteiger partial charge is 0.303 e. The number of hydrogen-bond donors (Lipinski definition) is 2. The molecule has 5 rings (SSSR count). The molecule has 0 spiro atoms. The molecular weight excluding hydrogens is 342 g/mol. The van der Waals surface area contributed by atoms with Crippen LogP contribution in [0.4, 0.5) is 0 Å². The van der Waals surface area contributed by atoms with Crippen molar-refractivity contribution in [2.45, 2.75) is 38.1 Å². The van der Waals surface area contributed by atoms with E-state index in [-0.39, 0.29) is 11.7 Å². The Morgan fingerprint density at radius 1 is 0.963 bits per heavy atom. The van der Waals surface area contributed by atoms with Gasteiger partial charge in [-0.2, -0.15) is 5.10 Å². The minimum absolute atomic E-state index is 0.0942. The van der Waals surface area contributed by atoms with Gasteiger partial charge >= 0.3 is 5.69 Å². The highest BCUT2D eigenvalue weighted by Gasteiger charge is 2.21. The molecule has 1 aliphatic carbocycles. The lowest BCUT2D eigenvalue weighted by atomic mass is 9.95. The summed E-state index contributed by atoms with van der Waals surface area (Å²) in [5.74, 6) is 1.25. The lowest BCUT2D eigenvalue weighted by Gasteiger charge is -2.22. The summed E-state index contributed by atoms with van der Waals surface area (Å²) in [6.07, 6.45) is 8.85. The first-order valence-electron chi connectivity index (χ1n) is 9.23. The Kier molecular flexibility index (Phi) is 3.81. The Hall–Kier alpha value is -3.29. The normalized spacial score (nSPS) is 15.4. The molecule has 0 saturated heterocycles. The summed E-state index contributed by atoms with van der Waals surface area (Å²) in [6, 6.07) is 8.00. The van der Waals surface area contributed by atoms with Crippen LogP contribution in [0.5, 0.6) is 0 Å². The van der Waals surface area contributed by atoms with Crippen molar-refractivity contribution in [2.75, 3.05) is 0 Å². The van der Waals surface area contributed by atoms with Gasteiger partial charge in [0.15, 0.2) is 17.3 Å². The van der Waals surface area contributed by atoms with Gasteiger partial charge in [-0.1, -0.05) is 43.5 Å². The van der Waals surface area contributed by atoms with Gasteiger partial charge in [-0.25, -0.2) is 19.7 Å². The fourth-order valence-corrected chi connectivity index (χ4v) is 3.85. The molecule has 0 unspecified atom stereocenters. The SMILES string of the molecule is O=c1[nH]c2cnc(-c3ccc(-c4nc[nH]n4)cc3)nc2n1C1CCCCC1. The number of fused-ring (bicyclic) bond motifs is 1. The van der Waals surface area contributed by atoms with E-state index in [1.165, 1.54) is 6.42 Å². The summed E-state index contributed by atoms with van der Waals surface area (Å²) in [4.78, 5) is 28.7. The second-order valence-corrected chi connectivity index (χ2v) is 6.92. The van der Waals surface area contributed by atoms with Crippen molar-refractivity contribution in [1.29, 1.82) is 0 Å². The van der Waals surface area contributed by atoms with Crippen molar-refractivity contribution in [2.24, 2.45) is 0 Å². The lowest BCUT2D eigenvalue weighted by molar-refractivity contribution is 0.352. The third kappa shape index (κ3) is 2.83. The van der Waals surface area contributed by atoms with Gasteiger partial charge in [0.1, 0.15) is 11.8 Å². The number of H-pyrrole nitrogens is 2. The molecule has 1 aromatic carbocycles. The topological polar surface area (TPSA) is 105 Å². The van der Waals surface area contributed by atoms with Gasteiger partial charge in [-0.3, -0.25) is 9.67 Å². The summed E-state index contributed by atoms with van der Waals surface area (Å²) in [7, 11) is 0. The van der Waals surface area contributed by atoms with Crippen LogP contribution in [0, 0.1) is 0 Å². The zero-order chi connectivity index (χ0) is 18.2. The van der Waals surface area contributed by atoms with Crippen LogP contribution in [0.25, 0.3) is 33.9 Å². The Morgan fingerprint density at radius 3 is 2.41 bits per heavy atom. The standard InChI is InChI=1S/C19H19N7O/c27-19-23-15-10-20-16(24-18(15)26(19)14-4-2-1-3-5-14)12-6-8-13(9-7-12)17-21-11-22-25-17/h6-11,14H,1-5H2,(H,23,27)(H,21,22,25). The number of aromatic amines is 2. The first-order valence-corrected chi connectivity index (χ1v) is 9.23. The first-order chi connectivity index (χ1) is 13.3. The zero-order valence-corrected chi connectivity index (χ0v) is 14.7. The lowest BCUT2D eigenvalue weighted by Crippen LogP contribution is -2.24. The Balaban J connectivity index is 1.55. The molecule has 3 heterocycles. The Morgan fingerprint density at radius 2 is 1.70 bits per heavy atom. The van der Waals surface area contributed by atoms with Crippen molar-refractivity contribution in [3.63, 3.8) is 0 Å². The van der Waals surface area contributed by atoms with Crippen LogP contribution in [-0.4, -0.2) is 34.7 Å². The fraction of sp³-hybridized carbons (Fsp3) is 0.316. The quantitative estimate of drug-likeness (QED) is 0.583. The van der Waals surface area contributed by atoms with Gasteiger partial charge < -0.3 is 4.98 Å². The molecule has 3 aromatic heterocycles. The van der Waals surface area contributed by atoms with E-state index in [1.54, 1.807) is 12.5 Å². The molecule has 0 atom stereocenters. The maximum absolute atomic E-state index is 12.5. The summed E-state index contributed by atoms with van der Waals surface area (Å²) in [6.45, 7) is 0. The number of nitrogens with zero attached hydrogens (tertiary/aromatic N) is 5. The molecule has 8 nitrogen and oxygen atoms in total. The van der Waals surface area contributed by atoms with Crippen molar-refractivity contribution < 1.29 is 0 Å². The highest BCUT2D eigenvalue weighted by molar-refractivity contribution is 5.73. The van der Waals surface area contributed by atoms with Crippen LogP contribution in [-0.2, 0) is 0 Å². The number of rotatable bonds is 3. The highest BCUT2D eigenvalue weighted by atomic mass is 16.1. The van der Waals surface area contributed by atoms with E-state index in [0.29, 0.717) is 22.8 Å². The molecule has 0 radical (unpaired) electrons. The summed E-state index contributed by atoms with van der Waals surface area (Å²) in [5, 5.41) is 6.80. The average molecular weight is 361 g/mol. The van der Waals surface area contributed by atoms with Crippen molar-refractivity contribution >= 4 is 11.2 Å². The molecule has 4 aromatic rings. The second-order valence-electron chi connectivity index (χ2n) is 6.92. The van der Waals surface area contributed by atoms with E-state index >= 15 is 0 Å². The molecule has 136 valence electrons. The molecule has 0 bridgehead atoms. The highest BCUT2D eigenvalue weighted by Crippen LogP contribution is 2.29. The maximum Gasteiger partial charge on any atom is 0.327 e. The van der Waals surface area contributed by atoms with Gasteiger partial charge in [0.2, 0.25) is 0 Å². The van der Waals surface area contributed by atoms with Crippen molar-refractivity contribution in [1.82, 2.24) is 34.7 Å². The molecule has 8 heteroatoms. The number of nitrogens with one attached hydrogen (secondary N) is 2. The van der Waals surface area contributed by atoms with Crippen LogP contribution < -0.4 is 5.69 Å². The molecular formula is C19H19N7O. The molecule has 1 saturated carbocycles. The maximum atomic E-state index is 12.5. The minimum Gasteiger partial charge on any atom is -0.303 e. The number of hydrogen-bond acceptors (Lipinski definition) is 5. The van der Waals surface area contributed by atoms with Crippen LogP contribution in [0.15, 0.2) is 41.6 Å². The van der Waals surface area contributed by atoms with E-state index in [2.05, 4.69) is 25.1 Å². The van der Waals surface area contributed by atoms with Gasteiger partial charge in [0.25, 0.3) is 0 Å². The zero-order valence-electron chi connectivity index (χ0n) is 14.7. The van der Waals surface area contributed by atoms with E-state index < -0.39 is 0 Å². The second kappa shape index (κ2) is 6.46. The Bertz CT molecular complexity index is 1120. The van der Waals surface area contributed by atoms with E-state index in [9.17, 15) is 4.79 Å². The van der Waals surface area contributed by atoms with Gasteiger partial charge in [0.05, 0.1) is 6.20 Å². The Labute approximate surface area is 154 Å². The molecule has 0 amide bonds. The van der Waals surface area contributed by atoms with Crippen LogP contribution in [0.2, 0.25) is 0 Å². The largest absolute Gasteiger partial charge is 0.327 e. The average Bonchev–Trinajstić information content (AvgIpc) is 3.35. The predicted octanol–water partition coefficient (Wildman–Crippen LogP) is 3.08.